The van der Waals surface area contributed by atoms with Crippen molar-refractivity contribution in [2.24, 2.45) is 0 Å². The van der Waals surface area contributed by atoms with Crippen LogP contribution in [0.3, 0.4) is 0 Å². The van der Waals surface area contributed by atoms with Crippen LogP contribution in [0.25, 0.3) is 10.9 Å². The maximum atomic E-state index is 12.8. The van der Waals surface area contributed by atoms with E-state index >= 15 is 0 Å². The number of carbonyl (C=O) groups excluding carboxylic acids is 1. The average molecular weight is 334 g/mol. The van der Waals surface area contributed by atoms with E-state index in [-0.39, 0.29) is 5.91 Å². The molecule has 0 aliphatic heterocycles. The molecule has 0 saturated heterocycles. The smallest absolute Gasteiger partial charge is 0.274 e. The lowest BCUT2D eigenvalue weighted by molar-refractivity contribution is 0.0732. The molecule has 25 heavy (non-hydrogen) atoms. The number of amides is 1. The Morgan fingerprint density at radius 2 is 1.92 bits per heavy atom. The van der Waals surface area contributed by atoms with Gasteiger partial charge >= 0.3 is 0 Å². The Hall–Kier alpha value is -2.82. The number of carbonyl (C=O) groups is 1. The first-order valence-electron chi connectivity index (χ1n) is 8.60. The predicted octanol–water partition coefficient (Wildman–Crippen LogP) is 3.78. The number of hydrogen-bond acceptors (Lipinski definition) is 4. The number of para-hydroxylation sites is 1. The number of unbranched alkanes of at least 4 members (excludes halogenated alkanes) is 1. The third kappa shape index (κ3) is 4.18. The first-order chi connectivity index (χ1) is 12.2. The highest BCUT2D eigenvalue weighted by Gasteiger charge is 2.18. The summed E-state index contributed by atoms with van der Waals surface area (Å²) in [4.78, 5) is 27.7. The minimum atomic E-state index is -0.101. The molecule has 0 fully saturated rings. The standard InChI is InChI=1S/C20H22N4O/c1-3-4-11-24(20(25)19-13-21-15(2)12-22-19)14-17-10-9-16-7-5-6-8-18(16)23-17/h5-10,12-13H,3-4,11,14H2,1-2H3. The Balaban J connectivity index is 1.83. The topological polar surface area (TPSA) is 59.0 Å². The molecule has 5 nitrogen and oxygen atoms in total. The molecule has 0 radical (unpaired) electrons. The largest absolute Gasteiger partial charge is 0.331 e. The molecule has 1 amide bonds. The Labute approximate surface area is 147 Å². The lowest BCUT2D eigenvalue weighted by Crippen LogP contribution is -2.32. The van der Waals surface area contributed by atoms with Crippen molar-refractivity contribution in [2.75, 3.05) is 6.54 Å². The molecule has 1 aromatic carbocycles. The zero-order chi connectivity index (χ0) is 17.6. The number of benzene rings is 1. The summed E-state index contributed by atoms with van der Waals surface area (Å²) >= 11 is 0. The first-order valence-corrected chi connectivity index (χ1v) is 8.60. The molecule has 0 aliphatic rings. The Morgan fingerprint density at radius 1 is 1.08 bits per heavy atom. The molecule has 128 valence electrons. The molecule has 0 bridgehead atoms. The van der Waals surface area contributed by atoms with E-state index < -0.39 is 0 Å². The fraction of sp³-hybridized carbons (Fsp3) is 0.300. The van der Waals surface area contributed by atoms with Gasteiger partial charge in [-0.3, -0.25) is 14.8 Å². The predicted molar refractivity (Wildman–Crippen MR) is 98.2 cm³/mol. The van der Waals surface area contributed by atoms with Crippen LogP contribution in [0.5, 0.6) is 0 Å². The van der Waals surface area contributed by atoms with E-state index in [1.54, 1.807) is 17.3 Å². The van der Waals surface area contributed by atoms with Crippen molar-refractivity contribution in [3.05, 3.63) is 65.9 Å². The molecule has 2 heterocycles. The molecular formula is C20H22N4O. The molecular weight excluding hydrogens is 312 g/mol. The first kappa shape index (κ1) is 17.0. The number of aromatic nitrogens is 3. The van der Waals surface area contributed by atoms with Crippen molar-refractivity contribution in [1.82, 2.24) is 19.9 Å². The van der Waals surface area contributed by atoms with Crippen LogP contribution in [0.2, 0.25) is 0 Å². The van der Waals surface area contributed by atoms with E-state index in [2.05, 4.69) is 21.9 Å². The van der Waals surface area contributed by atoms with Gasteiger partial charge in [0.05, 0.1) is 29.6 Å². The number of fused-ring (bicyclic) bond motifs is 1. The number of aryl methyl sites for hydroxylation is 1. The van der Waals surface area contributed by atoms with Gasteiger partial charge in [-0.15, -0.1) is 0 Å². The van der Waals surface area contributed by atoms with Crippen molar-refractivity contribution in [3.8, 4) is 0 Å². The third-order valence-corrected chi connectivity index (χ3v) is 4.08. The van der Waals surface area contributed by atoms with Crippen LogP contribution >= 0.6 is 0 Å². The SMILES string of the molecule is CCCCN(Cc1ccc2ccccc2n1)C(=O)c1cnc(C)cn1. The molecule has 3 rings (SSSR count). The van der Waals surface area contributed by atoms with Crippen molar-refractivity contribution >= 4 is 16.8 Å². The highest BCUT2D eigenvalue weighted by atomic mass is 16.2. The second-order valence-corrected chi connectivity index (χ2v) is 6.12. The van der Waals surface area contributed by atoms with Crippen LogP contribution in [0.1, 0.15) is 41.6 Å². The van der Waals surface area contributed by atoms with Gasteiger partial charge in [-0.1, -0.05) is 37.6 Å². The maximum Gasteiger partial charge on any atom is 0.274 e. The summed E-state index contributed by atoms with van der Waals surface area (Å²) in [6.07, 6.45) is 5.14. The molecule has 3 aromatic rings. The van der Waals surface area contributed by atoms with Crippen LogP contribution in [-0.2, 0) is 6.54 Å². The number of hydrogen-bond donors (Lipinski definition) is 0. The molecule has 0 unspecified atom stereocenters. The summed E-state index contributed by atoms with van der Waals surface area (Å²) in [5.74, 6) is -0.101. The van der Waals surface area contributed by atoms with E-state index in [0.29, 0.717) is 18.8 Å². The zero-order valence-corrected chi connectivity index (χ0v) is 14.6. The Morgan fingerprint density at radius 3 is 2.68 bits per heavy atom. The van der Waals surface area contributed by atoms with E-state index in [9.17, 15) is 4.79 Å². The van der Waals surface area contributed by atoms with Gasteiger partial charge in [0.25, 0.3) is 5.91 Å². The van der Waals surface area contributed by atoms with Crippen LogP contribution in [0, 0.1) is 6.92 Å². The Kier molecular flexibility index (Phi) is 5.33. The minimum Gasteiger partial charge on any atom is -0.331 e. The lowest BCUT2D eigenvalue weighted by atomic mass is 10.2. The number of nitrogens with zero attached hydrogens (tertiary/aromatic N) is 4. The molecule has 0 atom stereocenters. The minimum absolute atomic E-state index is 0.101. The van der Waals surface area contributed by atoms with Crippen molar-refractivity contribution in [1.29, 1.82) is 0 Å². The van der Waals surface area contributed by atoms with Crippen LogP contribution in [-0.4, -0.2) is 32.3 Å². The number of pyridine rings is 1. The summed E-state index contributed by atoms with van der Waals surface area (Å²) < 4.78 is 0. The summed E-state index contributed by atoms with van der Waals surface area (Å²) in [6, 6.07) is 12.0. The van der Waals surface area contributed by atoms with Gasteiger partial charge in [-0.2, -0.15) is 0 Å². The van der Waals surface area contributed by atoms with Gasteiger partial charge in [0.15, 0.2) is 0 Å². The quantitative estimate of drug-likeness (QED) is 0.688. The molecule has 0 N–H and O–H groups in total. The number of rotatable bonds is 6. The normalized spacial score (nSPS) is 10.8. The molecule has 5 heteroatoms. The molecule has 2 aromatic heterocycles. The summed E-state index contributed by atoms with van der Waals surface area (Å²) in [7, 11) is 0. The van der Waals surface area contributed by atoms with E-state index in [4.69, 9.17) is 0 Å². The fourth-order valence-corrected chi connectivity index (χ4v) is 2.66. The summed E-state index contributed by atoms with van der Waals surface area (Å²) in [5, 5.41) is 1.10. The van der Waals surface area contributed by atoms with E-state index in [0.717, 1.165) is 35.1 Å². The summed E-state index contributed by atoms with van der Waals surface area (Å²) in [5.41, 5.74) is 3.00. The highest BCUT2D eigenvalue weighted by molar-refractivity contribution is 5.92. The van der Waals surface area contributed by atoms with Crippen molar-refractivity contribution < 1.29 is 4.79 Å². The lowest BCUT2D eigenvalue weighted by Gasteiger charge is -2.22. The zero-order valence-electron chi connectivity index (χ0n) is 14.6. The summed E-state index contributed by atoms with van der Waals surface area (Å²) in [6.45, 7) is 5.12. The monoisotopic (exact) mass is 334 g/mol. The highest BCUT2D eigenvalue weighted by Crippen LogP contribution is 2.14. The average Bonchev–Trinajstić information content (AvgIpc) is 2.65. The second kappa shape index (κ2) is 7.83. The van der Waals surface area contributed by atoms with Crippen LogP contribution < -0.4 is 0 Å². The van der Waals surface area contributed by atoms with Crippen LogP contribution in [0.15, 0.2) is 48.8 Å². The molecule has 0 spiro atoms. The van der Waals surface area contributed by atoms with Gasteiger partial charge in [0, 0.05) is 18.1 Å². The third-order valence-electron chi connectivity index (χ3n) is 4.08. The second-order valence-electron chi connectivity index (χ2n) is 6.12. The maximum absolute atomic E-state index is 12.8. The van der Waals surface area contributed by atoms with Gasteiger partial charge in [0.1, 0.15) is 5.69 Å². The molecule has 0 aliphatic carbocycles. The van der Waals surface area contributed by atoms with Crippen molar-refractivity contribution in [3.63, 3.8) is 0 Å². The van der Waals surface area contributed by atoms with Gasteiger partial charge < -0.3 is 4.90 Å². The van der Waals surface area contributed by atoms with Crippen molar-refractivity contribution in [2.45, 2.75) is 33.2 Å². The van der Waals surface area contributed by atoms with Crippen LogP contribution in [0.4, 0.5) is 0 Å². The van der Waals surface area contributed by atoms with Gasteiger partial charge in [-0.05, 0) is 25.5 Å². The van der Waals surface area contributed by atoms with E-state index in [1.165, 1.54) is 0 Å². The van der Waals surface area contributed by atoms with Gasteiger partial charge in [-0.25, -0.2) is 4.98 Å². The van der Waals surface area contributed by atoms with E-state index in [1.807, 2.05) is 43.3 Å². The fourth-order valence-electron chi connectivity index (χ4n) is 2.66. The van der Waals surface area contributed by atoms with Gasteiger partial charge in [0.2, 0.25) is 0 Å². The Bertz CT molecular complexity index is 861. The molecule has 0 saturated carbocycles.